The summed E-state index contributed by atoms with van der Waals surface area (Å²) < 4.78 is 3.96. The van der Waals surface area contributed by atoms with Crippen molar-refractivity contribution in [2.75, 3.05) is 6.61 Å². The number of amides is 1. The number of aliphatic hydroxyl groups is 1. The maximum atomic E-state index is 12.6. The molecule has 5 aromatic rings. The number of fused-ring (bicyclic) bond motifs is 4. The highest BCUT2D eigenvalue weighted by molar-refractivity contribution is 6.07. The van der Waals surface area contributed by atoms with Crippen LogP contribution in [0.3, 0.4) is 0 Å². The van der Waals surface area contributed by atoms with Gasteiger partial charge in [-0.05, 0) is 32.0 Å². The Morgan fingerprint density at radius 1 is 1.23 bits per heavy atom. The van der Waals surface area contributed by atoms with Gasteiger partial charge in [-0.3, -0.25) is 9.48 Å². The molecular weight excluding hydrogens is 392 g/mol. The minimum atomic E-state index is -0.683. The smallest absolute Gasteiger partial charge is 0.251 e. The number of aromatic nitrogens is 5. The van der Waals surface area contributed by atoms with Crippen LogP contribution >= 0.6 is 0 Å². The molecule has 0 fully saturated rings. The van der Waals surface area contributed by atoms with E-state index in [1.165, 1.54) is 0 Å². The molecule has 0 aliphatic heterocycles. The van der Waals surface area contributed by atoms with Crippen molar-refractivity contribution in [2.24, 2.45) is 14.1 Å². The molecule has 8 heteroatoms. The number of nitrogens with zero attached hydrogens (tertiary/aromatic N) is 4. The van der Waals surface area contributed by atoms with Crippen molar-refractivity contribution in [3.05, 3.63) is 48.4 Å². The van der Waals surface area contributed by atoms with E-state index in [0.717, 1.165) is 38.4 Å². The summed E-state index contributed by atoms with van der Waals surface area (Å²) >= 11 is 0. The first kappa shape index (κ1) is 19.3. The molecule has 0 radical (unpaired) electrons. The van der Waals surface area contributed by atoms with Crippen LogP contribution in [0.25, 0.3) is 44.1 Å². The number of pyridine rings is 1. The lowest BCUT2D eigenvalue weighted by Gasteiger charge is -2.23. The van der Waals surface area contributed by atoms with E-state index in [2.05, 4.69) is 21.5 Å². The second-order valence-corrected chi connectivity index (χ2v) is 8.65. The number of hydrogen-bond donors (Lipinski definition) is 3. The van der Waals surface area contributed by atoms with Gasteiger partial charge in [0.1, 0.15) is 0 Å². The summed E-state index contributed by atoms with van der Waals surface area (Å²) in [4.78, 5) is 21.9. The summed E-state index contributed by atoms with van der Waals surface area (Å²) in [5, 5.41) is 18.5. The minimum Gasteiger partial charge on any atom is -0.394 e. The molecular formula is C23H24N6O2. The quantitative estimate of drug-likeness (QED) is 0.419. The lowest BCUT2D eigenvalue weighted by molar-refractivity contribution is 0.0869. The Morgan fingerprint density at radius 2 is 2.03 bits per heavy atom. The Labute approximate surface area is 178 Å². The summed E-state index contributed by atoms with van der Waals surface area (Å²) in [5.74, 6) is -0.215. The van der Waals surface area contributed by atoms with E-state index in [4.69, 9.17) is 4.98 Å². The monoisotopic (exact) mass is 416 g/mol. The molecule has 0 saturated carbocycles. The standard InChI is InChI=1S/C23H24N6O2/c1-23(2,12-30)27-22(31)13-5-6-15-17(11-28(3)19(15)7-13)18-8-16-20-14(10-25-29(20)4)9-24-21(16)26-18/h5-11,25,30H,12H2,1-4H3,(H,27,31). The van der Waals surface area contributed by atoms with Crippen LogP contribution in [0, 0.1) is 0 Å². The van der Waals surface area contributed by atoms with Gasteiger partial charge in [-0.25, -0.2) is 9.97 Å². The van der Waals surface area contributed by atoms with E-state index in [-0.39, 0.29) is 12.5 Å². The lowest BCUT2D eigenvalue weighted by atomic mass is 10.0. The minimum absolute atomic E-state index is 0.133. The predicted octanol–water partition coefficient (Wildman–Crippen LogP) is 3.11. The highest BCUT2D eigenvalue weighted by Crippen LogP contribution is 2.34. The first-order valence-electron chi connectivity index (χ1n) is 10.1. The number of aryl methyl sites for hydroxylation is 2. The SMILES string of the molecule is Cn1cc(-c2cc3c(ncc4c[nH]n(C)c43)n2)c2ccc(C(=O)NC(C)(C)CO)cc21. The van der Waals surface area contributed by atoms with Gasteiger partial charge in [0.05, 0.1) is 23.4 Å². The Morgan fingerprint density at radius 3 is 2.81 bits per heavy atom. The summed E-state index contributed by atoms with van der Waals surface area (Å²) in [6.07, 6.45) is 5.78. The Hall–Kier alpha value is -3.65. The largest absolute Gasteiger partial charge is 0.394 e. The van der Waals surface area contributed by atoms with Gasteiger partial charge in [-0.15, -0.1) is 0 Å². The first-order valence-corrected chi connectivity index (χ1v) is 10.1. The maximum absolute atomic E-state index is 12.6. The van der Waals surface area contributed by atoms with Crippen LogP contribution in [0.5, 0.6) is 0 Å². The molecule has 0 aliphatic rings. The van der Waals surface area contributed by atoms with Gasteiger partial charge >= 0.3 is 0 Å². The number of benzene rings is 1. The fourth-order valence-electron chi connectivity index (χ4n) is 4.03. The molecule has 0 unspecified atom stereocenters. The van der Waals surface area contributed by atoms with Crippen LogP contribution in [-0.4, -0.2) is 47.5 Å². The fourth-order valence-corrected chi connectivity index (χ4v) is 4.03. The second kappa shape index (κ2) is 6.68. The number of aromatic amines is 1. The molecule has 4 aromatic heterocycles. The third-order valence-corrected chi connectivity index (χ3v) is 5.73. The van der Waals surface area contributed by atoms with Gasteiger partial charge in [-0.2, -0.15) is 0 Å². The van der Waals surface area contributed by atoms with Crippen LogP contribution in [0.1, 0.15) is 24.2 Å². The zero-order chi connectivity index (χ0) is 21.9. The van der Waals surface area contributed by atoms with Crippen molar-refractivity contribution in [1.29, 1.82) is 0 Å². The van der Waals surface area contributed by atoms with E-state index in [9.17, 15) is 9.90 Å². The van der Waals surface area contributed by atoms with Gasteiger partial charge in [0, 0.05) is 65.5 Å². The van der Waals surface area contributed by atoms with Crippen molar-refractivity contribution in [1.82, 2.24) is 29.6 Å². The molecule has 3 N–H and O–H groups in total. The maximum Gasteiger partial charge on any atom is 0.251 e. The summed E-state index contributed by atoms with van der Waals surface area (Å²) in [6, 6.07) is 7.69. The average molecular weight is 416 g/mol. The molecule has 1 aromatic carbocycles. The van der Waals surface area contributed by atoms with E-state index >= 15 is 0 Å². The number of rotatable bonds is 4. The van der Waals surface area contributed by atoms with Crippen LogP contribution in [0.2, 0.25) is 0 Å². The van der Waals surface area contributed by atoms with Crippen LogP contribution in [-0.2, 0) is 14.1 Å². The molecule has 0 bridgehead atoms. The molecule has 0 spiro atoms. The summed E-state index contributed by atoms with van der Waals surface area (Å²) in [5.41, 5.74) is 4.40. The van der Waals surface area contributed by atoms with Gasteiger partial charge in [-0.1, -0.05) is 6.07 Å². The van der Waals surface area contributed by atoms with Gasteiger partial charge in [0.25, 0.3) is 5.91 Å². The molecule has 5 rings (SSSR count). The highest BCUT2D eigenvalue weighted by Gasteiger charge is 2.21. The lowest BCUT2D eigenvalue weighted by Crippen LogP contribution is -2.46. The zero-order valence-electron chi connectivity index (χ0n) is 17.9. The molecule has 158 valence electrons. The summed E-state index contributed by atoms with van der Waals surface area (Å²) in [6.45, 7) is 3.43. The molecule has 1 amide bonds. The van der Waals surface area contributed by atoms with E-state index in [1.54, 1.807) is 19.9 Å². The molecule has 0 atom stereocenters. The normalized spacial score (nSPS) is 12.3. The van der Waals surface area contributed by atoms with Crippen molar-refractivity contribution < 1.29 is 9.90 Å². The van der Waals surface area contributed by atoms with Crippen molar-refractivity contribution in [3.63, 3.8) is 0 Å². The van der Waals surface area contributed by atoms with Gasteiger partial charge in [0.2, 0.25) is 0 Å². The molecule has 0 aliphatic carbocycles. The third kappa shape index (κ3) is 3.07. The average Bonchev–Trinajstić information content (AvgIpc) is 3.42. The molecule has 4 heterocycles. The number of aliphatic hydroxyl groups excluding tert-OH is 1. The predicted molar refractivity (Wildman–Crippen MR) is 121 cm³/mol. The number of hydrogen-bond acceptors (Lipinski definition) is 4. The number of carbonyl (C=O) groups is 1. The van der Waals surface area contributed by atoms with Crippen molar-refractivity contribution in [3.8, 4) is 11.3 Å². The third-order valence-electron chi connectivity index (χ3n) is 5.73. The molecule has 8 nitrogen and oxygen atoms in total. The fraction of sp³-hybridized carbons (Fsp3) is 0.261. The summed E-state index contributed by atoms with van der Waals surface area (Å²) in [7, 11) is 3.92. The zero-order valence-corrected chi connectivity index (χ0v) is 17.9. The van der Waals surface area contributed by atoms with E-state index < -0.39 is 5.54 Å². The Bertz CT molecular complexity index is 1470. The Kier molecular flexibility index (Phi) is 4.16. The van der Waals surface area contributed by atoms with Crippen LogP contribution < -0.4 is 5.32 Å². The van der Waals surface area contributed by atoms with E-state index in [1.807, 2.05) is 54.1 Å². The van der Waals surface area contributed by atoms with Crippen molar-refractivity contribution in [2.45, 2.75) is 19.4 Å². The van der Waals surface area contributed by atoms with Gasteiger partial charge in [0.15, 0.2) is 5.65 Å². The Balaban J connectivity index is 1.61. The molecule has 31 heavy (non-hydrogen) atoms. The number of nitrogens with one attached hydrogen (secondary N) is 2. The number of H-pyrrole nitrogens is 1. The first-order chi connectivity index (χ1) is 14.8. The highest BCUT2D eigenvalue weighted by atomic mass is 16.3. The van der Waals surface area contributed by atoms with Crippen molar-refractivity contribution >= 4 is 38.7 Å². The second-order valence-electron chi connectivity index (χ2n) is 8.65. The van der Waals surface area contributed by atoms with Crippen LogP contribution in [0.15, 0.2) is 42.9 Å². The molecule has 0 saturated heterocycles. The topological polar surface area (TPSA) is 101 Å². The van der Waals surface area contributed by atoms with Gasteiger partial charge < -0.3 is 20.1 Å². The van der Waals surface area contributed by atoms with E-state index in [0.29, 0.717) is 11.2 Å². The van der Waals surface area contributed by atoms with Crippen LogP contribution in [0.4, 0.5) is 0 Å². The number of carbonyl (C=O) groups excluding carboxylic acids is 1.